The minimum atomic E-state index is -0.891. The zero-order chi connectivity index (χ0) is 23.9. The minimum Gasteiger partial charge on any atom is -0.443 e. The van der Waals surface area contributed by atoms with Crippen LogP contribution >= 0.6 is 0 Å². The maximum atomic E-state index is 13.1. The molecule has 1 aliphatic rings. The van der Waals surface area contributed by atoms with E-state index >= 15 is 0 Å². The van der Waals surface area contributed by atoms with Crippen LogP contribution in [-0.2, 0) is 25.7 Å². The normalized spacial score (nSPS) is 14.5. The summed E-state index contributed by atoms with van der Waals surface area (Å²) in [5.74, 6) is -0.213. The van der Waals surface area contributed by atoms with Gasteiger partial charge in [0.15, 0.2) is 6.10 Å². The summed E-state index contributed by atoms with van der Waals surface area (Å²) in [6.07, 6.45) is 1.89. The zero-order valence-electron chi connectivity index (χ0n) is 19.3. The molecule has 0 saturated carbocycles. The predicted octanol–water partition coefficient (Wildman–Crippen LogP) is 3.71. The smallest absolute Gasteiger partial charge is 0.439 e. The fraction of sp³-hybridized carbons (Fsp3) is 0.320. The zero-order valence-corrected chi connectivity index (χ0v) is 19.3. The lowest BCUT2D eigenvalue weighted by molar-refractivity contribution is -0.147. The van der Waals surface area contributed by atoms with E-state index in [4.69, 9.17) is 14.3 Å². The van der Waals surface area contributed by atoms with Crippen molar-refractivity contribution in [3.63, 3.8) is 0 Å². The molecule has 1 N–H and O–H groups in total. The van der Waals surface area contributed by atoms with E-state index in [0.717, 1.165) is 27.3 Å². The van der Waals surface area contributed by atoms with Crippen LogP contribution in [0.3, 0.4) is 0 Å². The van der Waals surface area contributed by atoms with Crippen molar-refractivity contribution in [1.29, 1.82) is 0 Å². The van der Waals surface area contributed by atoms with E-state index in [1.807, 2.05) is 43.3 Å². The molecule has 1 saturated heterocycles. The summed E-state index contributed by atoms with van der Waals surface area (Å²) in [6.45, 7) is 5.62. The van der Waals surface area contributed by atoms with Crippen LogP contribution in [0.5, 0.6) is 0 Å². The van der Waals surface area contributed by atoms with Crippen molar-refractivity contribution in [2.24, 2.45) is 0 Å². The molecule has 0 aliphatic carbocycles. The molecule has 1 fully saturated rings. The summed E-state index contributed by atoms with van der Waals surface area (Å²) >= 11 is 0. The van der Waals surface area contributed by atoms with Crippen LogP contribution in [-0.4, -0.2) is 59.5 Å². The first kappa shape index (κ1) is 23.5. The van der Waals surface area contributed by atoms with Gasteiger partial charge in [0.05, 0.1) is 25.1 Å². The van der Waals surface area contributed by atoms with Crippen molar-refractivity contribution in [3.05, 3.63) is 72.1 Å². The molecule has 178 valence electrons. The van der Waals surface area contributed by atoms with Gasteiger partial charge >= 0.3 is 6.09 Å². The van der Waals surface area contributed by atoms with Gasteiger partial charge < -0.3 is 14.4 Å². The first-order chi connectivity index (χ1) is 16.5. The highest BCUT2D eigenvalue weighted by atomic mass is 16.7. The Kier molecular flexibility index (Phi) is 7.56. The van der Waals surface area contributed by atoms with Crippen molar-refractivity contribution < 1.29 is 23.9 Å². The lowest BCUT2D eigenvalue weighted by atomic mass is 10.1. The number of carbonyl (C=O) groups is 2. The van der Waals surface area contributed by atoms with Crippen LogP contribution in [0.2, 0.25) is 0 Å². The highest BCUT2D eigenvalue weighted by Crippen LogP contribution is 2.24. The van der Waals surface area contributed by atoms with Crippen LogP contribution in [0.15, 0.2) is 60.9 Å². The standard InChI is InChI=1S/C25H28N4O5/c1-18-4-3-5-20(14-18)17-33-25(31)29(34-19(2)24(30)28-10-12-32-13-11-28)23-8-6-21(7-9-23)22-15-26-27-16-22/h3-9,14-16,19H,10-13,17H2,1-2H3,(H,26,27). The summed E-state index contributed by atoms with van der Waals surface area (Å²) in [4.78, 5) is 33.5. The number of aromatic nitrogens is 2. The minimum absolute atomic E-state index is 0.0826. The quantitative estimate of drug-likeness (QED) is 0.536. The predicted molar refractivity (Wildman–Crippen MR) is 126 cm³/mol. The van der Waals surface area contributed by atoms with Gasteiger partial charge in [0, 0.05) is 24.8 Å². The molecule has 2 amide bonds. The fourth-order valence-corrected chi connectivity index (χ4v) is 3.66. The SMILES string of the molecule is Cc1cccc(COC(=O)N(OC(C)C(=O)N2CCOCC2)c2ccc(-c3cn[nH]c3)cc2)c1. The van der Waals surface area contributed by atoms with Crippen LogP contribution in [0.25, 0.3) is 11.1 Å². The first-order valence-electron chi connectivity index (χ1n) is 11.2. The number of hydroxylamine groups is 1. The first-order valence-corrected chi connectivity index (χ1v) is 11.2. The van der Waals surface area contributed by atoms with Crippen LogP contribution in [0.4, 0.5) is 10.5 Å². The van der Waals surface area contributed by atoms with E-state index < -0.39 is 12.2 Å². The maximum Gasteiger partial charge on any atom is 0.439 e. The molecule has 1 atom stereocenters. The van der Waals surface area contributed by atoms with Crippen molar-refractivity contribution >= 4 is 17.7 Å². The number of carbonyl (C=O) groups excluding carboxylic acids is 2. The second-order valence-corrected chi connectivity index (χ2v) is 8.06. The third-order valence-electron chi connectivity index (χ3n) is 5.48. The molecule has 9 heteroatoms. The van der Waals surface area contributed by atoms with Crippen molar-refractivity contribution in [2.75, 3.05) is 31.4 Å². The number of amides is 2. The average molecular weight is 465 g/mol. The molecule has 34 heavy (non-hydrogen) atoms. The van der Waals surface area contributed by atoms with Gasteiger partial charge in [0.1, 0.15) is 6.61 Å². The monoisotopic (exact) mass is 464 g/mol. The maximum absolute atomic E-state index is 13.1. The van der Waals surface area contributed by atoms with Crippen LogP contribution in [0.1, 0.15) is 18.1 Å². The Bertz CT molecular complexity index is 1090. The molecule has 1 aromatic heterocycles. The Hall–Kier alpha value is -3.69. The molecule has 9 nitrogen and oxygen atoms in total. The van der Waals surface area contributed by atoms with Gasteiger partial charge in [0.25, 0.3) is 5.91 Å². The number of ether oxygens (including phenoxy) is 2. The number of nitrogens with one attached hydrogen (secondary N) is 1. The second kappa shape index (κ2) is 11.0. The van der Waals surface area contributed by atoms with E-state index in [1.165, 1.54) is 0 Å². The molecular weight excluding hydrogens is 436 g/mol. The molecule has 2 heterocycles. The van der Waals surface area contributed by atoms with Crippen molar-refractivity contribution in [3.8, 4) is 11.1 Å². The molecule has 1 unspecified atom stereocenters. The Morgan fingerprint density at radius 1 is 1.15 bits per heavy atom. The topological polar surface area (TPSA) is 97.0 Å². The molecule has 3 aromatic rings. The molecule has 4 rings (SSSR count). The lowest BCUT2D eigenvalue weighted by Gasteiger charge is -2.31. The van der Waals surface area contributed by atoms with Gasteiger partial charge in [0.2, 0.25) is 0 Å². The van der Waals surface area contributed by atoms with E-state index in [9.17, 15) is 9.59 Å². The third-order valence-corrected chi connectivity index (χ3v) is 5.48. The van der Waals surface area contributed by atoms with Gasteiger partial charge in [-0.05, 0) is 37.1 Å². The van der Waals surface area contributed by atoms with Crippen LogP contribution < -0.4 is 5.06 Å². The summed E-state index contributed by atoms with van der Waals surface area (Å²) in [5.41, 5.74) is 4.21. The van der Waals surface area contributed by atoms with Crippen LogP contribution in [0, 0.1) is 6.92 Å². The van der Waals surface area contributed by atoms with E-state index in [2.05, 4.69) is 10.2 Å². The molecular formula is C25H28N4O5. The molecule has 1 aliphatic heterocycles. The second-order valence-electron chi connectivity index (χ2n) is 8.06. The summed E-state index contributed by atoms with van der Waals surface area (Å²) < 4.78 is 10.8. The van der Waals surface area contributed by atoms with E-state index in [0.29, 0.717) is 32.0 Å². The number of hydrogen-bond donors (Lipinski definition) is 1. The largest absolute Gasteiger partial charge is 0.443 e. The number of hydrogen-bond acceptors (Lipinski definition) is 6. The Morgan fingerprint density at radius 2 is 1.91 bits per heavy atom. The number of aryl methyl sites for hydroxylation is 1. The Labute approximate surface area is 198 Å². The lowest BCUT2D eigenvalue weighted by Crippen LogP contribution is -2.48. The summed E-state index contributed by atoms with van der Waals surface area (Å²) in [5, 5.41) is 7.78. The highest BCUT2D eigenvalue weighted by molar-refractivity contribution is 5.87. The highest BCUT2D eigenvalue weighted by Gasteiger charge is 2.29. The number of aromatic amines is 1. The fourth-order valence-electron chi connectivity index (χ4n) is 3.66. The molecule has 0 radical (unpaired) electrons. The average Bonchev–Trinajstić information content (AvgIpc) is 3.41. The number of morpholine rings is 1. The van der Waals surface area contributed by atoms with Crippen molar-refractivity contribution in [2.45, 2.75) is 26.6 Å². The van der Waals surface area contributed by atoms with Gasteiger partial charge in [-0.1, -0.05) is 42.0 Å². The molecule has 0 spiro atoms. The van der Waals surface area contributed by atoms with E-state index in [-0.39, 0.29) is 12.5 Å². The number of nitrogens with zero attached hydrogens (tertiary/aromatic N) is 3. The molecule has 0 bridgehead atoms. The van der Waals surface area contributed by atoms with Gasteiger partial charge in [-0.15, -0.1) is 0 Å². The van der Waals surface area contributed by atoms with Gasteiger partial charge in [-0.2, -0.15) is 10.2 Å². The summed E-state index contributed by atoms with van der Waals surface area (Å²) in [7, 11) is 0. The Morgan fingerprint density at radius 3 is 2.59 bits per heavy atom. The van der Waals surface area contributed by atoms with E-state index in [1.54, 1.807) is 36.4 Å². The number of rotatable bonds is 7. The number of benzene rings is 2. The third kappa shape index (κ3) is 5.81. The Balaban J connectivity index is 1.51. The number of anilines is 1. The number of H-pyrrole nitrogens is 1. The summed E-state index contributed by atoms with van der Waals surface area (Å²) in [6, 6.07) is 14.9. The van der Waals surface area contributed by atoms with Gasteiger partial charge in [-0.25, -0.2) is 4.79 Å². The van der Waals surface area contributed by atoms with Crippen molar-refractivity contribution in [1.82, 2.24) is 15.1 Å². The molecule has 2 aromatic carbocycles. The van der Waals surface area contributed by atoms with Gasteiger partial charge in [-0.3, -0.25) is 14.7 Å².